The Hall–Kier alpha value is -2.04. The first-order chi connectivity index (χ1) is 8.76. The molecule has 1 saturated carbocycles. The number of piperidine rings is 1. The van der Waals surface area contributed by atoms with Crippen molar-refractivity contribution < 1.29 is 5.11 Å². The summed E-state index contributed by atoms with van der Waals surface area (Å²) >= 11 is 0. The van der Waals surface area contributed by atoms with Crippen molar-refractivity contribution in [2.45, 2.75) is 13.0 Å². The molecule has 2 aliphatic rings. The maximum atomic E-state index is 9.23. The Morgan fingerprint density at radius 2 is 1.72 bits per heavy atom. The monoisotopic (exact) mass is 239 g/mol. The molecule has 1 saturated heterocycles. The van der Waals surface area contributed by atoms with Crippen molar-refractivity contribution in [3.8, 4) is 12.1 Å². The Labute approximate surface area is 106 Å². The van der Waals surface area contributed by atoms with Crippen LogP contribution in [0.3, 0.4) is 0 Å². The zero-order chi connectivity index (χ0) is 12.7. The smallest absolute Gasteiger partial charge is 0.101 e. The van der Waals surface area contributed by atoms with E-state index in [0.717, 1.165) is 30.6 Å². The van der Waals surface area contributed by atoms with E-state index in [4.69, 9.17) is 5.11 Å². The summed E-state index contributed by atoms with van der Waals surface area (Å²) in [4.78, 5) is 2.15. The van der Waals surface area contributed by atoms with Crippen LogP contribution in [0.15, 0.2) is 12.1 Å². The number of anilines is 1. The first-order valence-electron chi connectivity index (χ1n) is 6.09. The molecule has 0 spiro atoms. The zero-order valence-electron chi connectivity index (χ0n) is 9.93. The van der Waals surface area contributed by atoms with Crippen LogP contribution in [-0.2, 0) is 6.61 Å². The number of aliphatic hydroxyl groups is 1. The van der Waals surface area contributed by atoms with Gasteiger partial charge in [0.15, 0.2) is 0 Å². The van der Waals surface area contributed by atoms with Gasteiger partial charge in [0.25, 0.3) is 0 Å². The van der Waals surface area contributed by atoms with E-state index < -0.39 is 0 Å². The molecule has 1 N–H and O–H groups in total. The van der Waals surface area contributed by atoms with Gasteiger partial charge in [0.05, 0.1) is 23.4 Å². The largest absolute Gasteiger partial charge is 0.392 e. The molecule has 2 fully saturated rings. The van der Waals surface area contributed by atoms with Crippen molar-refractivity contribution in [1.82, 2.24) is 0 Å². The minimum Gasteiger partial charge on any atom is -0.392 e. The van der Waals surface area contributed by atoms with Gasteiger partial charge < -0.3 is 10.0 Å². The number of hydrogen-bond acceptors (Lipinski definition) is 4. The third-order valence-corrected chi connectivity index (χ3v) is 3.89. The van der Waals surface area contributed by atoms with Crippen molar-refractivity contribution in [2.75, 3.05) is 18.0 Å². The van der Waals surface area contributed by atoms with E-state index in [-0.39, 0.29) is 6.61 Å². The number of aliphatic hydroxyl groups excluding tert-OH is 1. The average Bonchev–Trinajstić information content (AvgIpc) is 3.03. The topological polar surface area (TPSA) is 71.0 Å². The fourth-order valence-corrected chi connectivity index (χ4v) is 2.88. The van der Waals surface area contributed by atoms with Crippen LogP contribution in [-0.4, -0.2) is 18.2 Å². The van der Waals surface area contributed by atoms with Crippen molar-refractivity contribution in [2.24, 2.45) is 11.8 Å². The normalized spacial score (nSPS) is 24.3. The summed E-state index contributed by atoms with van der Waals surface area (Å²) in [7, 11) is 0. The van der Waals surface area contributed by atoms with Gasteiger partial charge in [0.1, 0.15) is 12.1 Å². The lowest BCUT2D eigenvalue weighted by molar-refractivity contribution is 0.282. The van der Waals surface area contributed by atoms with Crippen LogP contribution >= 0.6 is 0 Å². The van der Waals surface area contributed by atoms with Gasteiger partial charge in [0.2, 0.25) is 0 Å². The molecule has 0 radical (unpaired) electrons. The minimum absolute atomic E-state index is 0.144. The van der Waals surface area contributed by atoms with E-state index in [1.807, 2.05) is 0 Å². The van der Waals surface area contributed by atoms with Crippen LogP contribution in [0.1, 0.15) is 23.1 Å². The number of nitriles is 2. The first-order valence-corrected chi connectivity index (χ1v) is 6.09. The Morgan fingerprint density at radius 3 is 2.17 bits per heavy atom. The predicted molar refractivity (Wildman–Crippen MR) is 65.6 cm³/mol. The number of benzene rings is 1. The molecule has 0 aromatic heterocycles. The lowest BCUT2D eigenvalue weighted by Gasteiger charge is -2.23. The summed E-state index contributed by atoms with van der Waals surface area (Å²) in [5.74, 6) is 1.50. The third-order valence-electron chi connectivity index (χ3n) is 3.89. The molecule has 90 valence electrons. The highest BCUT2D eigenvalue weighted by molar-refractivity contribution is 5.70. The molecule has 1 aliphatic carbocycles. The van der Waals surface area contributed by atoms with E-state index in [9.17, 15) is 10.5 Å². The number of hydrogen-bond donors (Lipinski definition) is 1. The maximum Gasteiger partial charge on any atom is 0.101 e. The summed E-state index contributed by atoms with van der Waals surface area (Å²) in [5, 5.41) is 27.6. The second kappa shape index (κ2) is 4.01. The predicted octanol–water partition coefficient (Wildman–Crippen LogP) is 1.38. The lowest BCUT2D eigenvalue weighted by atomic mass is 10.0. The van der Waals surface area contributed by atoms with Crippen molar-refractivity contribution in [3.05, 3.63) is 28.8 Å². The van der Waals surface area contributed by atoms with Gasteiger partial charge >= 0.3 is 0 Å². The van der Waals surface area contributed by atoms with Crippen molar-refractivity contribution in [1.29, 1.82) is 10.5 Å². The summed E-state index contributed by atoms with van der Waals surface area (Å²) in [6.45, 7) is 1.76. The quantitative estimate of drug-likeness (QED) is 0.846. The summed E-state index contributed by atoms with van der Waals surface area (Å²) in [5.41, 5.74) is 2.37. The maximum absolute atomic E-state index is 9.23. The molecule has 18 heavy (non-hydrogen) atoms. The van der Waals surface area contributed by atoms with Crippen LogP contribution in [0.25, 0.3) is 0 Å². The molecule has 0 amide bonds. The van der Waals surface area contributed by atoms with Crippen LogP contribution in [0, 0.1) is 34.5 Å². The third kappa shape index (κ3) is 1.63. The van der Waals surface area contributed by atoms with Crippen LogP contribution in [0.5, 0.6) is 0 Å². The highest BCUT2D eigenvalue weighted by atomic mass is 16.3. The van der Waals surface area contributed by atoms with Gasteiger partial charge in [-0.1, -0.05) is 0 Å². The Balaban J connectivity index is 2.06. The fraction of sp³-hybridized carbons (Fsp3) is 0.429. The van der Waals surface area contributed by atoms with Crippen LogP contribution in [0.4, 0.5) is 5.69 Å². The number of nitrogens with zero attached hydrogens (tertiary/aromatic N) is 3. The van der Waals surface area contributed by atoms with Gasteiger partial charge in [0, 0.05) is 13.1 Å². The molecular formula is C14H13N3O. The van der Waals surface area contributed by atoms with Crippen molar-refractivity contribution >= 4 is 5.69 Å². The molecule has 0 bridgehead atoms. The summed E-state index contributed by atoms with van der Waals surface area (Å²) in [6, 6.07) is 7.66. The zero-order valence-corrected chi connectivity index (χ0v) is 9.93. The molecule has 2 atom stereocenters. The highest BCUT2D eigenvalue weighted by Crippen LogP contribution is 2.47. The molecule has 3 rings (SSSR count). The summed E-state index contributed by atoms with van der Waals surface area (Å²) < 4.78 is 0. The van der Waals surface area contributed by atoms with E-state index in [1.54, 1.807) is 12.1 Å². The molecule has 1 aromatic rings. The molecule has 4 nitrogen and oxygen atoms in total. The second-order valence-electron chi connectivity index (χ2n) is 5.08. The molecular weight excluding hydrogens is 226 g/mol. The molecule has 4 heteroatoms. The van der Waals surface area contributed by atoms with E-state index in [0.29, 0.717) is 16.7 Å². The Kier molecular flexibility index (Phi) is 2.47. The highest BCUT2D eigenvalue weighted by Gasteiger charge is 2.45. The second-order valence-corrected chi connectivity index (χ2v) is 5.08. The average molecular weight is 239 g/mol. The van der Waals surface area contributed by atoms with Gasteiger partial charge in [-0.15, -0.1) is 0 Å². The van der Waals surface area contributed by atoms with Crippen LogP contribution in [0.2, 0.25) is 0 Å². The van der Waals surface area contributed by atoms with Gasteiger partial charge in [-0.2, -0.15) is 10.5 Å². The van der Waals surface area contributed by atoms with Gasteiger partial charge in [-0.25, -0.2) is 0 Å². The SMILES string of the molecule is N#Cc1cc(CO)cc(C#N)c1N1CC2CC2C1. The fourth-order valence-electron chi connectivity index (χ4n) is 2.88. The lowest BCUT2D eigenvalue weighted by Crippen LogP contribution is -2.24. The van der Waals surface area contributed by atoms with Crippen LogP contribution < -0.4 is 4.90 Å². The molecule has 1 heterocycles. The number of rotatable bonds is 2. The van der Waals surface area contributed by atoms with Gasteiger partial charge in [-0.05, 0) is 36.0 Å². The minimum atomic E-state index is -0.144. The first kappa shape index (κ1) is 11.1. The van der Waals surface area contributed by atoms with E-state index >= 15 is 0 Å². The summed E-state index contributed by atoms with van der Waals surface area (Å²) in [6.07, 6.45) is 1.29. The molecule has 2 unspecified atom stereocenters. The molecule has 1 aromatic carbocycles. The molecule has 1 aliphatic heterocycles. The van der Waals surface area contributed by atoms with E-state index in [2.05, 4.69) is 17.0 Å². The van der Waals surface area contributed by atoms with E-state index in [1.165, 1.54) is 6.42 Å². The Bertz CT molecular complexity index is 537. The standard InChI is InChI=1S/C14H13N3O/c15-4-10-1-9(8-18)2-11(5-16)14(10)17-6-12-3-13(12)7-17/h1-2,12-13,18H,3,6-8H2. The Morgan fingerprint density at radius 1 is 1.17 bits per heavy atom. The van der Waals surface area contributed by atoms with Crippen molar-refractivity contribution in [3.63, 3.8) is 0 Å². The number of fused-ring (bicyclic) bond motifs is 1. The van der Waals surface area contributed by atoms with Gasteiger partial charge in [-0.3, -0.25) is 0 Å².